The molecule has 7 heteroatoms. The van der Waals surface area contributed by atoms with Gasteiger partial charge >= 0.3 is 12.0 Å². The monoisotopic (exact) mass is 294 g/mol. The molecule has 0 aliphatic heterocycles. The van der Waals surface area contributed by atoms with Gasteiger partial charge in [-0.05, 0) is 19.3 Å². The Kier molecular flexibility index (Phi) is 5.19. The molecule has 0 bridgehead atoms. The lowest BCUT2D eigenvalue weighted by Gasteiger charge is -2.24. The van der Waals surface area contributed by atoms with Crippen LogP contribution in [-0.2, 0) is 11.3 Å². The van der Waals surface area contributed by atoms with Crippen molar-refractivity contribution in [2.45, 2.75) is 38.6 Å². The van der Waals surface area contributed by atoms with Gasteiger partial charge in [-0.25, -0.2) is 9.78 Å². The fourth-order valence-corrected chi connectivity index (χ4v) is 2.71. The lowest BCUT2D eigenvalue weighted by molar-refractivity contribution is -0.148. The van der Waals surface area contributed by atoms with E-state index in [9.17, 15) is 14.7 Å². The van der Waals surface area contributed by atoms with E-state index in [0.29, 0.717) is 19.4 Å². The Morgan fingerprint density at radius 2 is 2.05 bits per heavy atom. The number of hydrogen-bond acceptors (Lipinski definition) is 3. The van der Waals surface area contributed by atoms with Crippen molar-refractivity contribution >= 4 is 12.0 Å². The van der Waals surface area contributed by atoms with E-state index in [4.69, 9.17) is 0 Å². The summed E-state index contributed by atoms with van der Waals surface area (Å²) in [5.74, 6) is -0.805. The summed E-state index contributed by atoms with van der Waals surface area (Å²) in [6.45, 7) is 1.54. The molecule has 0 unspecified atom stereocenters. The number of aryl methyl sites for hydroxylation is 1. The third-order valence-corrected chi connectivity index (χ3v) is 4.04. The van der Waals surface area contributed by atoms with Crippen LogP contribution >= 0.6 is 0 Å². The summed E-state index contributed by atoms with van der Waals surface area (Å²) in [4.78, 5) is 27.0. The predicted molar refractivity (Wildman–Crippen MR) is 76.8 cm³/mol. The van der Waals surface area contributed by atoms with Crippen molar-refractivity contribution in [1.82, 2.24) is 20.2 Å². The van der Waals surface area contributed by atoms with Gasteiger partial charge < -0.3 is 20.3 Å². The molecular weight excluding hydrogens is 272 g/mol. The van der Waals surface area contributed by atoms with E-state index in [1.807, 2.05) is 10.8 Å². The second-order valence-electron chi connectivity index (χ2n) is 5.56. The van der Waals surface area contributed by atoms with E-state index < -0.39 is 11.4 Å². The number of nitrogens with one attached hydrogen (secondary N) is 2. The van der Waals surface area contributed by atoms with Crippen molar-refractivity contribution in [2.75, 3.05) is 13.1 Å². The fourth-order valence-electron chi connectivity index (χ4n) is 2.71. The average Bonchev–Trinajstić information content (AvgIpc) is 3.13. The smallest absolute Gasteiger partial charge is 0.314 e. The maximum absolute atomic E-state index is 11.7. The molecule has 0 spiro atoms. The zero-order valence-electron chi connectivity index (χ0n) is 12.0. The number of nitrogens with zero attached hydrogens (tertiary/aromatic N) is 2. The van der Waals surface area contributed by atoms with Crippen molar-refractivity contribution in [3.63, 3.8) is 0 Å². The van der Waals surface area contributed by atoms with Gasteiger partial charge in [0.2, 0.25) is 0 Å². The zero-order chi connectivity index (χ0) is 15.1. The molecule has 1 heterocycles. The van der Waals surface area contributed by atoms with Crippen LogP contribution in [0, 0.1) is 5.41 Å². The Morgan fingerprint density at radius 1 is 1.29 bits per heavy atom. The van der Waals surface area contributed by atoms with Gasteiger partial charge in [0, 0.05) is 32.0 Å². The van der Waals surface area contributed by atoms with E-state index in [1.165, 1.54) is 0 Å². The van der Waals surface area contributed by atoms with Crippen molar-refractivity contribution in [2.24, 2.45) is 5.41 Å². The zero-order valence-corrected chi connectivity index (χ0v) is 12.0. The van der Waals surface area contributed by atoms with Gasteiger partial charge in [-0.2, -0.15) is 0 Å². The van der Waals surface area contributed by atoms with Crippen LogP contribution in [0.3, 0.4) is 0 Å². The molecule has 1 saturated carbocycles. The number of urea groups is 1. The Hall–Kier alpha value is -2.05. The van der Waals surface area contributed by atoms with Crippen molar-refractivity contribution in [3.05, 3.63) is 18.7 Å². The van der Waals surface area contributed by atoms with Crippen molar-refractivity contribution in [1.29, 1.82) is 0 Å². The number of aliphatic carboxylic acids is 1. The molecule has 21 heavy (non-hydrogen) atoms. The minimum Gasteiger partial charge on any atom is -0.481 e. The number of amides is 2. The molecule has 0 aromatic carbocycles. The number of hydrogen-bond donors (Lipinski definition) is 3. The number of carbonyl (C=O) groups excluding carboxylic acids is 1. The highest BCUT2D eigenvalue weighted by Gasteiger charge is 2.41. The van der Waals surface area contributed by atoms with Gasteiger partial charge in [0.05, 0.1) is 11.7 Å². The van der Waals surface area contributed by atoms with Crippen LogP contribution in [0.5, 0.6) is 0 Å². The number of imidazole rings is 1. The SMILES string of the molecule is O=C(NCCCn1ccnc1)NCC1(C(=O)O)CCCC1. The highest BCUT2D eigenvalue weighted by atomic mass is 16.4. The van der Waals surface area contributed by atoms with Crippen LogP contribution in [0.2, 0.25) is 0 Å². The van der Waals surface area contributed by atoms with Crippen molar-refractivity contribution < 1.29 is 14.7 Å². The molecule has 0 radical (unpaired) electrons. The molecule has 1 aromatic rings. The summed E-state index contributed by atoms with van der Waals surface area (Å²) in [7, 11) is 0. The summed E-state index contributed by atoms with van der Waals surface area (Å²) >= 11 is 0. The first-order valence-corrected chi connectivity index (χ1v) is 7.33. The normalized spacial score (nSPS) is 16.6. The third kappa shape index (κ3) is 4.21. The van der Waals surface area contributed by atoms with Crippen LogP contribution in [0.4, 0.5) is 4.79 Å². The summed E-state index contributed by atoms with van der Waals surface area (Å²) in [5, 5.41) is 14.8. The van der Waals surface area contributed by atoms with E-state index in [2.05, 4.69) is 15.6 Å². The second-order valence-corrected chi connectivity index (χ2v) is 5.56. The molecule has 2 rings (SSSR count). The highest BCUT2D eigenvalue weighted by Crippen LogP contribution is 2.37. The fraction of sp³-hybridized carbons (Fsp3) is 0.643. The third-order valence-electron chi connectivity index (χ3n) is 4.04. The average molecular weight is 294 g/mol. The summed E-state index contributed by atoms with van der Waals surface area (Å²) in [6, 6.07) is -0.298. The Morgan fingerprint density at radius 3 is 2.67 bits per heavy atom. The van der Waals surface area contributed by atoms with Crippen LogP contribution in [0.1, 0.15) is 32.1 Å². The maximum Gasteiger partial charge on any atom is 0.314 e. The minimum atomic E-state index is -0.805. The Balaban J connectivity index is 1.64. The molecule has 1 fully saturated rings. The number of rotatable bonds is 7. The molecule has 116 valence electrons. The van der Waals surface area contributed by atoms with Gasteiger partial charge in [0.25, 0.3) is 0 Å². The molecular formula is C14H22N4O3. The largest absolute Gasteiger partial charge is 0.481 e. The number of carbonyl (C=O) groups is 2. The van der Waals surface area contributed by atoms with Crippen LogP contribution < -0.4 is 10.6 Å². The number of aromatic nitrogens is 2. The molecule has 0 saturated heterocycles. The Labute approximate surface area is 123 Å². The standard InChI is InChI=1S/C14H22N4O3/c19-12(20)14(4-1-2-5-14)10-17-13(21)16-6-3-8-18-9-7-15-11-18/h7,9,11H,1-6,8,10H2,(H,19,20)(H2,16,17,21). The quantitative estimate of drug-likeness (QED) is 0.659. The molecule has 0 atom stereocenters. The van der Waals surface area contributed by atoms with Crippen LogP contribution in [0.25, 0.3) is 0 Å². The van der Waals surface area contributed by atoms with Gasteiger partial charge in [-0.3, -0.25) is 4.79 Å². The Bertz CT molecular complexity index is 467. The molecule has 2 amide bonds. The minimum absolute atomic E-state index is 0.204. The van der Waals surface area contributed by atoms with Crippen LogP contribution in [-0.4, -0.2) is 39.7 Å². The first-order chi connectivity index (χ1) is 10.1. The van der Waals surface area contributed by atoms with E-state index >= 15 is 0 Å². The first-order valence-electron chi connectivity index (χ1n) is 7.33. The molecule has 7 nitrogen and oxygen atoms in total. The van der Waals surface area contributed by atoms with Gasteiger partial charge in [-0.1, -0.05) is 12.8 Å². The van der Waals surface area contributed by atoms with E-state index in [0.717, 1.165) is 25.8 Å². The molecule has 1 aromatic heterocycles. The predicted octanol–water partition coefficient (Wildman–Crippen LogP) is 1.22. The number of carboxylic acid groups (broad SMARTS) is 1. The summed E-state index contributed by atoms with van der Waals surface area (Å²) in [6.07, 6.45) is 9.24. The molecule has 1 aliphatic carbocycles. The van der Waals surface area contributed by atoms with Gasteiger partial charge in [0.15, 0.2) is 0 Å². The van der Waals surface area contributed by atoms with Crippen LogP contribution in [0.15, 0.2) is 18.7 Å². The molecule has 1 aliphatic rings. The van der Waals surface area contributed by atoms with E-state index in [1.54, 1.807) is 12.5 Å². The summed E-state index contributed by atoms with van der Waals surface area (Å²) < 4.78 is 1.94. The van der Waals surface area contributed by atoms with Crippen molar-refractivity contribution in [3.8, 4) is 0 Å². The highest BCUT2D eigenvalue weighted by molar-refractivity contribution is 5.78. The van der Waals surface area contributed by atoms with Gasteiger partial charge in [-0.15, -0.1) is 0 Å². The second kappa shape index (κ2) is 7.10. The van der Waals surface area contributed by atoms with Gasteiger partial charge in [0.1, 0.15) is 0 Å². The summed E-state index contributed by atoms with van der Waals surface area (Å²) in [5.41, 5.74) is -0.770. The lowest BCUT2D eigenvalue weighted by atomic mass is 9.86. The first kappa shape index (κ1) is 15.3. The molecule has 3 N–H and O–H groups in total. The number of carboxylic acids is 1. The van der Waals surface area contributed by atoms with E-state index in [-0.39, 0.29) is 12.6 Å². The maximum atomic E-state index is 11.7. The lowest BCUT2D eigenvalue weighted by Crippen LogP contribution is -2.45. The topological polar surface area (TPSA) is 96.3 Å².